The van der Waals surface area contributed by atoms with Crippen LogP contribution in [0.5, 0.6) is 0 Å². The number of fused-ring (bicyclic) bond motifs is 5. The summed E-state index contributed by atoms with van der Waals surface area (Å²) in [7, 11) is 0. The van der Waals surface area contributed by atoms with Gasteiger partial charge in [-0.2, -0.15) is 0 Å². The fourth-order valence-corrected chi connectivity index (χ4v) is 7.48. The normalized spacial score (nSPS) is 41.7. The molecule has 4 rings (SSSR count). The highest BCUT2D eigenvalue weighted by atomic mass is 16.6. The minimum atomic E-state index is -1.33. The highest BCUT2D eigenvalue weighted by molar-refractivity contribution is 6.29. The van der Waals surface area contributed by atoms with Crippen LogP contribution in [0.4, 0.5) is 4.79 Å². The summed E-state index contributed by atoms with van der Waals surface area (Å²) < 4.78 is 5.88. The van der Waals surface area contributed by atoms with Crippen LogP contribution in [0, 0.1) is 28.6 Å². The monoisotopic (exact) mass is 413 g/mol. The van der Waals surface area contributed by atoms with E-state index in [0.717, 1.165) is 44.9 Å². The first-order valence-electron chi connectivity index (χ1n) is 11.7. The van der Waals surface area contributed by atoms with E-state index in [0.29, 0.717) is 31.1 Å². The molecule has 0 radical (unpaired) electrons. The lowest BCUT2D eigenvalue weighted by Gasteiger charge is -2.58. The van der Waals surface area contributed by atoms with Crippen LogP contribution in [0.1, 0.15) is 72.1 Å². The number of ketones is 1. The Morgan fingerprint density at radius 1 is 1.20 bits per heavy atom. The number of rotatable bonds is 5. The average molecular weight is 414 g/mol. The maximum absolute atomic E-state index is 13.0. The third kappa shape index (κ3) is 2.91. The summed E-state index contributed by atoms with van der Waals surface area (Å²) in [5.41, 5.74) is -0.159. The number of carbonyl (C=O) groups excluding carboxylic acids is 3. The van der Waals surface area contributed by atoms with Gasteiger partial charge in [0.2, 0.25) is 5.78 Å². The molecule has 0 aromatic carbocycles. The predicted octanol–water partition coefficient (Wildman–Crippen LogP) is 4.76. The minimum absolute atomic E-state index is 0.0990. The molecule has 4 aliphatic rings. The van der Waals surface area contributed by atoms with Gasteiger partial charge in [0.25, 0.3) is 0 Å². The first kappa shape index (κ1) is 21.3. The molecule has 0 aromatic heterocycles. The molecular formula is C25H35NO4. The van der Waals surface area contributed by atoms with E-state index in [-0.39, 0.29) is 11.3 Å². The zero-order chi connectivity index (χ0) is 21.6. The molecule has 1 N–H and O–H groups in total. The van der Waals surface area contributed by atoms with Crippen molar-refractivity contribution in [3.8, 4) is 0 Å². The van der Waals surface area contributed by atoms with Crippen molar-refractivity contribution in [3.63, 3.8) is 0 Å². The van der Waals surface area contributed by atoms with Crippen LogP contribution in [-0.4, -0.2) is 30.3 Å². The fraction of sp³-hybridized carbons (Fsp3) is 0.720. The number of Topliss-reactive ketones (excluding diaryl/α,β-unsaturated/α-hetero) is 1. The Labute approximate surface area is 179 Å². The Morgan fingerprint density at radius 3 is 2.70 bits per heavy atom. The number of ether oxygens (including phenoxy) is 1. The van der Waals surface area contributed by atoms with Gasteiger partial charge in [0.15, 0.2) is 11.9 Å². The Bertz CT molecular complexity index is 801. The Balaban J connectivity index is 1.66. The minimum Gasteiger partial charge on any atom is -0.434 e. The van der Waals surface area contributed by atoms with Crippen molar-refractivity contribution in [1.29, 1.82) is 0 Å². The lowest BCUT2D eigenvalue weighted by Crippen LogP contribution is -2.60. The van der Waals surface area contributed by atoms with Crippen molar-refractivity contribution in [1.82, 2.24) is 5.32 Å². The highest BCUT2D eigenvalue weighted by Crippen LogP contribution is 2.67. The number of hydrogen-bond donors (Lipinski definition) is 1. The van der Waals surface area contributed by atoms with Crippen LogP contribution >= 0.6 is 0 Å². The number of alkyl carbamates (subject to hydrolysis) is 1. The molecule has 0 heterocycles. The van der Waals surface area contributed by atoms with E-state index in [1.165, 1.54) is 0 Å². The standard InChI is InChI=1S/C25H35NO4/c1-4-15-26-22(29)30-25(21(28)16-27)14-11-20-18-9-8-17-7-5-6-12-23(17,2)19(18)10-13-24(20,25)3/h6-7,12,16,18-20H,4-5,8-11,13-15H2,1-3H3,(H,26,29)/t18-,19+,20+,23+,24+,25+/m1/s1. The summed E-state index contributed by atoms with van der Waals surface area (Å²) in [6.07, 6.45) is 14.0. The molecule has 0 aromatic rings. The number of allylic oxidation sites excluding steroid dienone is 4. The third-order valence-corrected chi connectivity index (χ3v) is 9.02. The third-order valence-electron chi connectivity index (χ3n) is 9.02. The van der Waals surface area contributed by atoms with E-state index >= 15 is 0 Å². The van der Waals surface area contributed by atoms with Crippen LogP contribution in [0.15, 0.2) is 23.8 Å². The van der Waals surface area contributed by atoms with Crippen LogP contribution in [0.2, 0.25) is 0 Å². The number of aldehydes is 1. The summed E-state index contributed by atoms with van der Waals surface area (Å²) in [4.78, 5) is 37.1. The molecule has 5 heteroatoms. The Kier molecular flexibility index (Phi) is 5.44. The van der Waals surface area contributed by atoms with E-state index in [1.54, 1.807) is 5.57 Å². The second-order valence-corrected chi connectivity index (χ2v) is 10.2. The predicted molar refractivity (Wildman–Crippen MR) is 115 cm³/mol. The first-order valence-corrected chi connectivity index (χ1v) is 11.7. The summed E-state index contributed by atoms with van der Waals surface area (Å²) in [5, 5.41) is 2.73. The van der Waals surface area contributed by atoms with Gasteiger partial charge in [-0.05, 0) is 69.1 Å². The largest absolute Gasteiger partial charge is 0.434 e. The van der Waals surface area contributed by atoms with E-state index < -0.39 is 22.9 Å². The van der Waals surface area contributed by atoms with Crippen LogP contribution in [-0.2, 0) is 14.3 Å². The van der Waals surface area contributed by atoms with Gasteiger partial charge in [-0.3, -0.25) is 9.59 Å². The number of nitrogens with one attached hydrogen (secondary N) is 1. The summed E-state index contributed by atoms with van der Waals surface area (Å²) in [5.74, 6) is 0.742. The van der Waals surface area contributed by atoms with E-state index in [9.17, 15) is 14.4 Å². The van der Waals surface area contributed by atoms with Gasteiger partial charge in [0.05, 0.1) is 0 Å². The molecule has 164 valence electrons. The molecule has 0 unspecified atom stereocenters. The molecule has 0 bridgehead atoms. The summed E-state index contributed by atoms with van der Waals surface area (Å²) in [6, 6.07) is 0. The smallest absolute Gasteiger partial charge is 0.408 e. The second kappa shape index (κ2) is 7.65. The maximum Gasteiger partial charge on any atom is 0.408 e. The summed E-state index contributed by atoms with van der Waals surface area (Å²) >= 11 is 0. The van der Waals surface area contributed by atoms with E-state index in [1.807, 2.05) is 6.92 Å². The van der Waals surface area contributed by atoms with Crippen molar-refractivity contribution < 1.29 is 19.1 Å². The molecule has 6 atom stereocenters. The van der Waals surface area contributed by atoms with Gasteiger partial charge in [-0.15, -0.1) is 0 Å². The fourth-order valence-electron chi connectivity index (χ4n) is 7.48. The quantitative estimate of drug-likeness (QED) is 0.401. The number of amides is 1. The molecule has 1 amide bonds. The van der Waals surface area contributed by atoms with Gasteiger partial charge in [-0.1, -0.05) is 44.6 Å². The maximum atomic E-state index is 13.0. The lowest BCUT2D eigenvalue weighted by molar-refractivity contribution is -0.162. The molecule has 0 aliphatic heterocycles. The van der Waals surface area contributed by atoms with Crippen LogP contribution in [0.25, 0.3) is 0 Å². The van der Waals surface area contributed by atoms with Crippen molar-refractivity contribution in [2.24, 2.45) is 28.6 Å². The molecule has 0 saturated heterocycles. The van der Waals surface area contributed by atoms with Gasteiger partial charge in [0, 0.05) is 17.4 Å². The van der Waals surface area contributed by atoms with Crippen molar-refractivity contribution in [2.45, 2.75) is 77.7 Å². The van der Waals surface area contributed by atoms with Crippen LogP contribution in [0.3, 0.4) is 0 Å². The number of hydrogen-bond acceptors (Lipinski definition) is 4. The van der Waals surface area contributed by atoms with Crippen LogP contribution < -0.4 is 5.32 Å². The highest BCUT2D eigenvalue weighted by Gasteiger charge is 2.68. The van der Waals surface area contributed by atoms with Crippen molar-refractivity contribution in [3.05, 3.63) is 23.8 Å². The van der Waals surface area contributed by atoms with E-state index in [2.05, 4.69) is 37.4 Å². The average Bonchev–Trinajstić information content (AvgIpc) is 3.04. The number of carbonyl (C=O) groups is 3. The van der Waals surface area contributed by atoms with Gasteiger partial charge < -0.3 is 10.1 Å². The topological polar surface area (TPSA) is 72.5 Å². The second-order valence-electron chi connectivity index (χ2n) is 10.2. The molecule has 0 spiro atoms. The molecule has 4 aliphatic carbocycles. The molecule has 3 fully saturated rings. The van der Waals surface area contributed by atoms with Crippen molar-refractivity contribution in [2.75, 3.05) is 6.54 Å². The molecule has 5 nitrogen and oxygen atoms in total. The SMILES string of the molecule is CCCNC(=O)O[C@]1(C(=O)C=O)CC[C@H]2[C@@H]3CCC4=CCC=C[C@]4(C)[C@H]3CC[C@@]21C. The Hall–Kier alpha value is -1.91. The summed E-state index contributed by atoms with van der Waals surface area (Å²) in [6.45, 7) is 6.93. The molecule has 30 heavy (non-hydrogen) atoms. The van der Waals surface area contributed by atoms with E-state index in [4.69, 9.17) is 4.74 Å². The Morgan fingerprint density at radius 2 is 1.97 bits per heavy atom. The first-order chi connectivity index (χ1) is 14.3. The molecule has 3 saturated carbocycles. The zero-order valence-corrected chi connectivity index (χ0v) is 18.5. The zero-order valence-electron chi connectivity index (χ0n) is 18.5. The van der Waals surface area contributed by atoms with Gasteiger partial charge >= 0.3 is 6.09 Å². The van der Waals surface area contributed by atoms with Gasteiger partial charge in [-0.25, -0.2) is 4.79 Å². The van der Waals surface area contributed by atoms with Gasteiger partial charge in [0.1, 0.15) is 0 Å². The van der Waals surface area contributed by atoms with Crippen molar-refractivity contribution >= 4 is 18.2 Å². The molecular weight excluding hydrogens is 378 g/mol. The lowest BCUT2D eigenvalue weighted by atomic mass is 9.47.